The molecule has 0 N–H and O–H groups in total. The summed E-state index contributed by atoms with van der Waals surface area (Å²) >= 11 is 0. The molecule has 0 aliphatic heterocycles. The summed E-state index contributed by atoms with van der Waals surface area (Å²) in [5.74, 6) is -0.426. The highest BCUT2D eigenvalue weighted by Crippen LogP contribution is 2.14. The first-order chi connectivity index (χ1) is 32.6. The molecule has 0 bridgehead atoms. The van der Waals surface area contributed by atoms with Crippen molar-refractivity contribution in [2.75, 3.05) is 19.8 Å². The van der Waals surface area contributed by atoms with Crippen LogP contribution >= 0.6 is 0 Å². The third kappa shape index (κ3) is 53.7. The van der Waals surface area contributed by atoms with Crippen molar-refractivity contribution >= 4 is 11.9 Å². The van der Waals surface area contributed by atoms with Crippen molar-refractivity contribution in [1.82, 2.24) is 0 Å². The Balaban J connectivity index is 4.30. The summed E-state index contributed by atoms with van der Waals surface area (Å²) < 4.78 is 17.4. The average Bonchev–Trinajstić information content (AvgIpc) is 3.32. The van der Waals surface area contributed by atoms with E-state index in [4.69, 9.17) is 14.2 Å². The Labute approximate surface area is 409 Å². The van der Waals surface area contributed by atoms with Crippen molar-refractivity contribution in [2.24, 2.45) is 0 Å². The Hall–Kier alpha value is -2.92. The van der Waals surface area contributed by atoms with Gasteiger partial charge in [0.05, 0.1) is 6.61 Å². The molecule has 0 spiro atoms. The lowest BCUT2D eigenvalue weighted by atomic mass is 10.1. The maximum absolute atomic E-state index is 12.8. The van der Waals surface area contributed by atoms with Crippen LogP contribution in [-0.2, 0) is 23.8 Å². The van der Waals surface area contributed by atoms with Crippen molar-refractivity contribution in [1.29, 1.82) is 0 Å². The normalized spacial score (nSPS) is 12.8. The molecular weight excluding hydrogens is 813 g/mol. The third-order valence-corrected chi connectivity index (χ3v) is 11.9. The minimum atomic E-state index is -0.556. The van der Waals surface area contributed by atoms with Gasteiger partial charge < -0.3 is 14.2 Å². The lowest BCUT2D eigenvalue weighted by Gasteiger charge is -2.18. The van der Waals surface area contributed by atoms with Gasteiger partial charge >= 0.3 is 11.9 Å². The van der Waals surface area contributed by atoms with Crippen LogP contribution in [-0.4, -0.2) is 37.9 Å². The Kier molecular flexibility index (Phi) is 53.9. The zero-order valence-corrected chi connectivity index (χ0v) is 43.7. The molecule has 0 aliphatic rings. The number of unbranched alkanes of at least 4 members (excludes halogenated alkanes) is 26. The Morgan fingerprint density at radius 2 is 0.667 bits per heavy atom. The van der Waals surface area contributed by atoms with Gasteiger partial charge in [0.2, 0.25) is 0 Å². The first kappa shape index (κ1) is 63.1. The number of carbonyl (C=O) groups excluding carboxylic acids is 2. The summed E-state index contributed by atoms with van der Waals surface area (Å²) in [5.41, 5.74) is 0. The van der Waals surface area contributed by atoms with Gasteiger partial charge in [0.25, 0.3) is 0 Å². The monoisotopic (exact) mass is 919 g/mol. The van der Waals surface area contributed by atoms with E-state index in [0.717, 1.165) is 89.9 Å². The van der Waals surface area contributed by atoms with E-state index in [0.29, 0.717) is 19.4 Å². The molecule has 0 saturated heterocycles. The van der Waals surface area contributed by atoms with Crippen LogP contribution in [0.5, 0.6) is 0 Å². The highest BCUT2D eigenvalue weighted by Gasteiger charge is 2.17. The second-order valence-electron chi connectivity index (χ2n) is 18.5. The van der Waals surface area contributed by atoms with Gasteiger partial charge in [0, 0.05) is 19.4 Å². The highest BCUT2D eigenvalue weighted by atomic mass is 16.6. The van der Waals surface area contributed by atoms with Crippen LogP contribution in [0.1, 0.15) is 265 Å². The number of rotatable bonds is 51. The summed E-state index contributed by atoms with van der Waals surface area (Å²) in [6, 6.07) is 0. The number of hydrogen-bond acceptors (Lipinski definition) is 5. The number of carbonyl (C=O) groups is 2. The van der Waals surface area contributed by atoms with E-state index in [2.05, 4.69) is 106 Å². The smallest absolute Gasteiger partial charge is 0.306 e. The van der Waals surface area contributed by atoms with Gasteiger partial charge in [0.1, 0.15) is 6.61 Å². The largest absolute Gasteiger partial charge is 0.462 e. The van der Waals surface area contributed by atoms with Crippen LogP contribution < -0.4 is 0 Å². The predicted molar refractivity (Wildman–Crippen MR) is 288 cm³/mol. The maximum atomic E-state index is 12.8. The van der Waals surface area contributed by atoms with Gasteiger partial charge in [-0.1, -0.05) is 221 Å². The van der Waals surface area contributed by atoms with Gasteiger partial charge in [-0.25, -0.2) is 0 Å². The average molecular weight is 920 g/mol. The molecule has 0 heterocycles. The fraction of sp³-hybridized carbons (Fsp3) is 0.738. The quantitative estimate of drug-likeness (QED) is 0.0346. The Morgan fingerprint density at radius 1 is 0.333 bits per heavy atom. The first-order valence-electron chi connectivity index (χ1n) is 28.1. The first-order valence-corrected chi connectivity index (χ1v) is 28.1. The van der Waals surface area contributed by atoms with E-state index in [-0.39, 0.29) is 25.2 Å². The molecule has 0 radical (unpaired) electrons. The van der Waals surface area contributed by atoms with E-state index >= 15 is 0 Å². The topological polar surface area (TPSA) is 61.8 Å². The molecule has 5 heteroatoms. The number of esters is 2. The van der Waals surface area contributed by atoms with Crippen LogP contribution in [0.3, 0.4) is 0 Å². The minimum absolute atomic E-state index is 0.0684. The molecule has 0 fully saturated rings. The van der Waals surface area contributed by atoms with Crippen molar-refractivity contribution in [3.63, 3.8) is 0 Å². The fourth-order valence-corrected chi connectivity index (χ4v) is 7.64. The molecule has 0 aromatic heterocycles. The maximum Gasteiger partial charge on any atom is 0.306 e. The van der Waals surface area contributed by atoms with Gasteiger partial charge in [-0.15, -0.1) is 0 Å². The van der Waals surface area contributed by atoms with Crippen molar-refractivity contribution < 1.29 is 23.8 Å². The molecule has 0 aliphatic carbocycles. The minimum Gasteiger partial charge on any atom is -0.462 e. The fourth-order valence-electron chi connectivity index (χ4n) is 7.64. The zero-order chi connectivity index (χ0) is 47.7. The standard InChI is InChI=1S/C61H106O5/c1-4-7-10-13-16-19-22-25-27-29-30-31-33-35-38-41-44-47-50-53-56-64-57-59(66-61(63)55-52-49-46-43-40-36-24-21-18-15-12-9-6-3)58-65-60(62)54-51-48-45-42-39-37-34-32-28-26-23-20-17-14-11-8-5-2/h12,15-17,19-21,24-28,30-31,59H,4-11,13-14,18,22-23,29,32-58H2,1-3H3/b15-12-,19-16-,20-17-,24-21-,27-25-,28-26-,31-30-. The second kappa shape index (κ2) is 56.4. The van der Waals surface area contributed by atoms with E-state index in [9.17, 15) is 9.59 Å². The Bertz CT molecular complexity index is 1220. The van der Waals surface area contributed by atoms with Crippen LogP contribution in [0, 0.1) is 0 Å². The number of allylic oxidation sites excluding steroid dienone is 14. The molecule has 5 nitrogen and oxygen atoms in total. The second-order valence-corrected chi connectivity index (χ2v) is 18.5. The van der Waals surface area contributed by atoms with Crippen molar-refractivity contribution in [3.05, 3.63) is 85.1 Å². The van der Waals surface area contributed by atoms with E-state index in [1.807, 2.05) is 0 Å². The van der Waals surface area contributed by atoms with E-state index in [1.165, 1.54) is 141 Å². The van der Waals surface area contributed by atoms with Gasteiger partial charge in [-0.05, 0) is 116 Å². The summed E-state index contributed by atoms with van der Waals surface area (Å²) in [6.45, 7) is 7.68. The van der Waals surface area contributed by atoms with Crippen LogP contribution in [0.2, 0.25) is 0 Å². The number of ether oxygens (including phenoxy) is 3. The lowest BCUT2D eigenvalue weighted by molar-refractivity contribution is -0.163. The molecule has 0 aromatic carbocycles. The van der Waals surface area contributed by atoms with Gasteiger partial charge in [-0.2, -0.15) is 0 Å². The highest BCUT2D eigenvalue weighted by molar-refractivity contribution is 5.70. The summed E-state index contributed by atoms with van der Waals surface area (Å²) in [4.78, 5) is 25.5. The Morgan fingerprint density at radius 3 is 1.08 bits per heavy atom. The lowest BCUT2D eigenvalue weighted by Crippen LogP contribution is -2.30. The summed E-state index contributed by atoms with van der Waals surface area (Å²) in [7, 11) is 0. The molecule has 0 amide bonds. The molecule has 1 atom stereocenters. The number of hydrogen-bond donors (Lipinski definition) is 0. The van der Waals surface area contributed by atoms with Crippen LogP contribution in [0.4, 0.5) is 0 Å². The molecule has 0 aromatic rings. The summed E-state index contributed by atoms with van der Waals surface area (Å²) in [6.07, 6.45) is 74.5. The van der Waals surface area contributed by atoms with Gasteiger partial charge in [-0.3, -0.25) is 9.59 Å². The molecular formula is C61H106O5. The van der Waals surface area contributed by atoms with Crippen molar-refractivity contribution in [3.8, 4) is 0 Å². The molecule has 0 rings (SSSR count). The third-order valence-electron chi connectivity index (χ3n) is 11.9. The SMILES string of the molecule is CCC/C=C\C/C=C\CCCCCCCC(=O)OC(COCCCCCCCCC/C=C\C/C=C\C/C=C\CCCCC)COC(=O)CCCCCCCCC/C=C\C/C=C\CCCCC. The molecule has 0 saturated carbocycles. The molecule has 66 heavy (non-hydrogen) atoms. The van der Waals surface area contributed by atoms with E-state index in [1.54, 1.807) is 0 Å². The van der Waals surface area contributed by atoms with Gasteiger partial charge in [0.15, 0.2) is 6.10 Å². The van der Waals surface area contributed by atoms with Crippen molar-refractivity contribution in [2.45, 2.75) is 271 Å². The summed E-state index contributed by atoms with van der Waals surface area (Å²) in [5, 5.41) is 0. The molecule has 1 unspecified atom stereocenters. The molecule has 380 valence electrons. The zero-order valence-electron chi connectivity index (χ0n) is 43.7. The van der Waals surface area contributed by atoms with E-state index < -0.39 is 6.10 Å². The predicted octanol–water partition coefficient (Wildman–Crippen LogP) is 19.2. The van der Waals surface area contributed by atoms with Crippen LogP contribution in [0.25, 0.3) is 0 Å². The van der Waals surface area contributed by atoms with Crippen LogP contribution in [0.15, 0.2) is 85.1 Å².